The molecule has 1 aliphatic rings. The Bertz CT molecular complexity index is 1580. The molecule has 1 fully saturated rings. The van der Waals surface area contributed by atoms with E-state index in [0.29, 0.717) is 11.2 Å². The van der Waals surface area contributed by atoms with E-state index in [0.717, 1.165) is 5.56 Å². The number of fused-ring (bicyclic) bond motifs is 1. The van der Waals surface area contributed by atoms with Crippen molar-refractivity contribution in [3.63, 3.8) is 0 Å². The number of aromatic nitrogens is 4. The van der Waals surface area contributed by atoms with Crippen LogP contribution in [-0.2, 0) is 23.4 Å². The van der Waals surface area contributed by atoms with Crippen LogP contribution in [0.3, 0.4) is 0 Å². The summed E-state index contributed by atoms with van der Waals surface area (Å²) in [7, 11) is -4.27. The number of nitrogens with zero attached hydrogens (tertiary/aromatic N) is 4. The molecule has 5 rings (SSSR count). The van der Waals surface area contributed by atoms with E-state index in [-0.39, 0.29) is 23.3 Å². The number of imidazole rings is 1. The van der Waals surface area contributed by atoms with Gasteiger partial charge in [0.25, 0.3) is 0 Å². The molecule has 13 nitrogen and oxygen atoms in total. The van der Waals surface area contributed by atoms with Gasteiger partial charge >= 0.3 is 13.7 Å². The molecule has 0 saturated carbocycles. The first-order valence-electron chi connectivity index (χ1n) is 13.1. The summed E-state index contributed by atoms with van der Waals surface area (Å²) in [4.78, 5) is 25.3. The molecular formula is C27H30ClN6O7P. The number of hydrogen-bond donors (Lipinski definition) is 3. The van der Waals surface area contributed by atoms with Crippen molar-refractivity contribution < 1.29 is 33.0 Å². The van der Waals surface area contributed by atoms with E-state index >= 15 is 0 Å². The standard InChI is InChI=1S/C27H30ClN6O7P/c1-16(26(36)38-17(2)18-9-5-3-6-10-18)33-42(37,40-19-11-7-4-8-12-19)41-20-13-22(39-21(20)14-35)34-15-30-23-24(29)31-27(28)32-25(23)34/h3-12,15-17,20-22,35H,13-14H2,1-2H3,(H,33,37)(H2,29,31,32)/t16-,17-,20?,21+,22+,42?/m0/s1. The lowest BCUT2D eigenvalue weighted by molar-refractivity contribution is -0.150. The summed E-state index contributed by atoms with van der Waals surface area (Å²) in [5, 5.41) is 12.7. The molecule has 2 unspecified atom stereocenters. The fraction of sp³-hybridized carbons (Fsp3) is 0.333. The third-order valence-corrected chi connectivity index (χ3v) is 8.47. The molecule has 1 saturated heterocycles. The molecule has 15 heteroatoms. The van der Waals surface area contributed by atoms with Crippen LogP contribution in [0.4, 0.5) is 5.82 Å². The second-order valence-electron chi connectivity index (χ2n) is 9.64. The maximum Gasteiger partial charge on any atom is 0.459 e. The van der Waals surface area contributed by atoms with Gasteiger partial charge in [-0.25, -0.2) is 9.55 Å². The molecule has 0 radical (unpaired) electrons. The first-order valence-corrected chi connectivity index (χ1v) is 15.1. The predicted octanol–water partition coefficient (Wildman–Crippen LogP) is 4.20. The average molecular weight is 617 g/mol. The second-order valence-corrected chi connectivity index (χ2v) is 11.6. The van der Waals surface area contributed by atoms with E-state index in [2.05, 4.69) is 20.0 Å². The maximum absolute atomic E-state index is 14.2. The van der Waals surface area contributed by atoms with Crippen molar-refractivity contribution >= 4 is 42.3 Å². The number of ether oxygens (including phenoxy) is 2. The number of halogens is 1. The van der Waals surface area contributed by atoms with Crippen molar-refractivity contribution in [3.05, 3.63) is 77.8 Å². The van der Waals surface area contributed by atoms with Gasteiger partial charge in [-0.3, -0.25) is 13.9 Å². The van der Waals surface area contributed by atoms with Gasteiger partial charge in [-0.1, -0.05) is 48.5 Å². The zero-order valence-corrected chi connectivity index (χ0v) is 24.4. The SMILES string of the molecule is C[C@H](NP(=O)(Oc1ccccc1)OC1C[C@H](n2cnc3c(N)nc(Cl)nc32)O[C@@H]1CO)C(=O)O[C@@H](C)c1ccccc1. The highest BCUT2D eigenvalue weighted by atomic mass is 35.5. The molecule has 0 spiro atoms. The fourth-order valence-corrected chi connectivity index (χ4v) is 6.39. The number of rotatable bonds is 11. The number of esters is 1. The molecule has 0 amide bonds. The Morgan fingerprint density at radius 3 is 2.57 bits per heavy atom. The largest absolute Gasteiger partial charge is 0.459 e. The Morgan fingerprint density at radius 1 is 1.19 bits per heavy atom. The van der Waals surface area contributed by atoms with Crippen molar-refractivity contribution in [2.24, 2.45) is 0 Å². The Balaban J connectivity index is 1.35. The van der Waals surface area contributed by atoms with E-state index in [9.17, 15) is 14.5 Å². The van der Waals surface area contributed by atoms with Gasteiger partial charge in [-0.2, -0.15) is 15.1 Å². The number of anilines is 1. The highest BCUT2D eigenvalue weighted by Gasteiger charge is 2.44. The number of aliphatic hydroxyl groups excluding tert-OH is 1. The number of nitrogens with one attached hydrogen (secondary N) is 1. The van der Waals surface area contributed by atoms with E-state index in [1.165, 1.54) is 13.3 Å². The van der Waals surface area contributed by atoms with Crippen LogP contribution in [0, 0.1) is 0 Å². The number of carbonyl (C=O) groups is 1. The molecule has 4 aromatic rings. The van der Waals surface area contributed by atoms with Gasteiger partial charge in [0.1, 0.15) is 41.8 Å². The van der Waals surface area contributed by atoms with Crippen LogP contribution in [-0.4, -0.2) is 55.5 Å². The van der Waals surface area contributed by atoms with Crippen LogP contribution in [0.1, 0.15) is 38.2 Å². The molecule has 4 N–H and O–H groups in total. The Morgan fingerprint density at radius 2 is 1.88 bits per heavy atom. The predicted molar refractivity (Wildman–Crippen MR) is 153 cm³/mol. The second kappa shape index (κ2) is 12.7. The molecule has 1 aliphatic heterocycles. The van der Waals surface area contributed by atoms with Crippen LogP contribution in [0.2, 0.25) is 5.28 Å². The number of para-hydroxylation sites is 1. The van der Waals surface area contributed by atoms with E-state index in [4.69, 9.17) is 35.9 Å². The van der Waals surface area contributed by atoms with Gasteiger partial charge < -0.3 is 24.8 Å². The van der Waals surface area contributed by atoms with Crippen LogP contribution >= 0.6 is 19.3 Å². The van der Waals surface area contributed by atoms with Crippen molar-refractivity contribution in [3.8, 4) is 5.75 Å². The van der Waals surface area contributed by atoms with Crippen LogP contribution < -0.4 is 15.3 Å². The van der Waals surface area contributed by atoms with Crippen molar-refractivity contribution in [2.45, 2.75) is 50.8 Å². The van der Waals surface area contributed by atoms with Gasteiger partial charge in [-0.05, 0) is 43.1 Å². The molecular weight excluding hydrogens is 587 g/mol. The van der Waals surface area contributed by atoms with E-state index in [1.54, 1.807) is 41.8 Å². The number of carbonyl (C=O) groups excluding carboxylic acids is 1. The van der Waals surface area contributed by atoms with Crippen molar-refractivity contribution in [2.75, 3.05) is 12.3 Å². The van der Waals surface area contributed by atoms with Crippen LogP contribution in [0.25, 0.3) is 11.2 Å². The van der Waals surface area contributed by atoms with Crippen molar-refractivity contribution in [1.29, 1.82) is 0 Å². The normalized spacial score (nSPS) is 21.5. The number of nitrogen functional groups attached to an aromatic ring is 1. The summed E-state index contributed by atoms with van der Waals surface area (Å²) in [6.45, 7) is 2.78. The topological polar surface area (TPSA) is 173 Å². The van der Waals surface area contributed by atoms with Crippen LogP contribution in [0.15, 0.2) is 67.0 Å². The summed E-state index contributed by atoms with van der Waals surface area (Å²) < 4.78 is 39.2. The first-order chi connectivity index (χ1) is 20.2. The van der Waals surface area contributed by atoms with Gasteiger partial charge in [0, 0.05) is 6.42 Å². The maximum atomic E-state index is 14.2. The summed E-state index contributed by atoms with van der Waals surface area (Å²) in [5.74, 6) is -0.323. The van der Waals surface area contributed by atoms with Gasteiger partial charge in [-0.15, -0.1) is 0 Å². The minimum absolute atomic E-state index is 0.0707. The van der Waals surface area contributed by atoms with Gasteiger partial charge in [0.2, 0.25) is 5.28 Å². The third kappa shape index (κ3) is 6.73. The molecule has 3 heterocycles. The molecule has 2 aromatic carbocycles. The minimum Gasteiger partial charge on any atom is -0.457 e. The van der Waals surface area contributed by atoms with E-state index in [1.807, 2.05) is 30.3 Å². The molecule has 42 heavy (non-hydrogen) atoms. The van der Waals surface area contributed by atoms with Gasteiger partial charge in [0.15, 0.2) is 11.5 Å². The number of nitrogens with two attached hydrogens (primary N) is 1. The van der Waals surface area contributed by atoms with Crippen LogP contribution in [0.5, 0.6) is 5.75 Å². The van der Waals surface area contributed by atoms with Crippen molar-refractivity contribution in [1.82, 2.24) is 24.6 Å². The molecule has 2 aromatic heterocycles. The summed E-state index contributed by atoms with van der Waals surface area (Å²) >= 11 is 6.00. The number of benzene rings is 2. The molecule has 0 bridgehead atoms. The first kappa shape index (κ1) is 29.9. The Kier molecular flexibility index (Phi) is 9.07. The fourth-order valence-electron chi connectivity index (χ4n) is 4.50. The summed E-state index contributed by atoms with van der Waals surface area (Å²) in [6, 6.07) is 16.5. The molecule has 6 atom stereocenters. The summed E-state index contributed by atoms with van der Waals surface area (Å²) in [5.41, 5.74) is 7.37. The summed E-state index contributed by atoms with van der Waals surface area (Å²) in [6.07, 6.45) is -1.54. The third-order valence-electron chi connectivity index (χ3n) is 6.60. The zero-order chi connectivity index (χ0) is 29.9. The molecule has 0 aliphatic carbocycles. The highest BCUT2D eigenvalue weighted by Crippen LogP contribution is 2.49. The lowest BCUT2D eigenvalue weighted by Gasteiger charge is -2.27. The Hall–Kier alpha value is -3.58. The number of aliphatic hydroxyl groups is 1. The Labute approximate surface area is 246 Å². The lowest BCUT2D eigenvalue weighted by Crippen LogP contribution is -2.37. The molecule has 222 valence electrons. The average Bonchev–Trinajstić information content (AvgIpc) is 3.57. The quantitative estimate of drug-likeness (QED) is 0.125. The monoisotopic (exact) mass is 616 g/mol. The van der Waals surface area contributed by atoms with Gasteiger partial charge in [0.05, 0.1) is 12.9 Å². The van der Waals surface area contributed by atoms with E-state index < -0.39 is 50.9 Å². The minimum atomic E-state index is -4.27. The zero-order valence-electron chi connectivity index (χ0n) is 22.7. The highest BCUT2D eigenvalue weighted by molar-refractivity contribution is 7.52. The number of hydrogen-bond acceptors (Lipinski definition) is 11. The smallest absolute Gasteiger partial charge is 0.457 e. The lowest BCUT2D eigenvalue weighted by atomic mass is 10.1.